The first-order valence-corrected chi connectivity index (χ1v) is 8.05. The van der Waals surface area contributed by atoms with E-state index >= 15 is 0 Å². The molecular weight excluding hydrogens is 286 g/mol. The molecular formula is C20H25NO2. The van der Waals surface area contributed by atoms with Gasteiger partial charge in [-0.05, 0) is 68.5 Å². The number of benzene rings is 2. The summed E-state index contributed by atoms with van der Waals surface area (Å²) in [6.07, 6.45) is 0.324. The number of carbonyl (C=O) groups is 1. The molecule has 1 atom stereocenters. The van der Waals surface area contributed by atoms with E-state index in [1.165, 1.54) is 5.56 Å². The van der Waals surface area contributed by atoms with Gasteiger partial charge in [0.15, 0.2) is 6.10 Å². The van der Waals surface area contributed by atoms with E-state index in [4.69, 9.17) is 4.74 Å². The van der Waals surface area contributed by atoms with Crippen molar-refractivity contribution in [3.63, 3.8) is 0 Å². The maximum absolute atomic E-state index is 12.5. The van der Waals surface area contributed by atoms with E-state index in [2.05, 4.69) is 19.2 Å². The van der Waals surface area contributed by atoms with Crippen LogP contribution in [0.15, 0.2) is 36.4 Å². The fourth-order valence-electron chi connectivity index (χ4n) is 2.47. The number of para-hydroxylation sites is 1. The van der Waals surface area contributed by atoms with Crippen molar-refractivity contribution in [3.05, 3.63) is 58.7 Å². The fraction of sp³-hybridized carbons (Fsp3) is 0.350. The van der Waals surface area contributed by atoms with Crippen LogP contribution in [0.25, 0.3) is 0 Å². The van der Waals surface area contributed by atoms with Crippen molar-refractivity contribution in [2.24, 2.45) is 0 Å². The molecule has 122 valence electrons. The van der Waals surface area contributed by atoms with E-state index in [9.17, 15) is 4.79 Å². The summed E-state index contributed by atoms with van der Waals surface area (Å²) in [5.74, 6) is 0.587. The van der Waals surface area contributed by atoms with Gasteiger partial charge in [-0.2, -0.15) is 0 Å². The van der Waals surface area contributed by atoms with Gasteiger partial charge in [-0.15, -0.1) is 0 Å². The zero-order valence-corrected chi connectivity index (χ0v) is 14.6. The summed E-state index contributed by atoms with van der Waals surface area (Å²) in [6.45, 7) is 9.95. The van der Waals surface area contributed by atoms with Crippen molar-refractivity contribution < 1.29 is 9.53 Å². The van der Waals surface area contributed by atoms with Gasteiger partial charge in [-0.1, -0.05) is 31.2 Å². The van der Waals surface area contributed by atoms with Crippen molar-refractivity contribution in [2.45, 2.75) is 47.1 Å². The van der Waals surface area contributed by atoms with Crippen LogP contribution in [-0.4, -0.2) is 12.0 Å². The van der Waals surface area contributed by atoms with Crippen LogP contribution in [0.3, 0.4) is 0 Å². The lowest BCUT2D eigenvalue weighted by atomic mass is 10.1. The van der Waals surface area contributed by atoms with Gasteiger partial charge in [0.05, 0.1) is 0 Å². The Labute approximate surface area is 138 Å². The molecule has 0 unspecified atom stereocenters. The average molecular weight is 311 g/mol. The van der Waals surface area contributed by atoms with Gasteiger partial charge in [-0.3, -0.25) is 4.79 Å². The Hall–Kier alpha value is -2.29. The molecule has 2 aromatic rings. The molecule has 2 aromatic carbocycles. The molecule has 0 aliphatic heterocycles. The third-order valence-corrected chi connectivity index (χ3v) is 4.15. The Morgan fingerprint density at radius 1 is 1.09 bits per heavy atom. The normalized spacial score (nSPS) is 11.9. The van der Waals surface area contributed by atoms with Crippen LogP contribution >= 0.6 is 0 Å². The molecule has 0 spiro atoms. The second kappa shape index (κ2) is 7.32. The van der Waals surface area contributed by atoms with Crippen molar-refractivity contribution in [1.29, 1.82) is 0 Å². The van der Waals surface area contributed by atoms with Crippen LogP contribution in [0.2, 0.25) is 0 Å². The molecule has 0 saturated heterocycles. The molecule has 0 aliphatic carbocycles. The Kier molecular flexibility index (Phi) is 5.43. The highest BCUT2D eigenvalue weighted by atomic mass is 16.5. The smallest absolute Gasteiger partial charge is 0.265 e. The largest absolute Gasteiger partial charge is 0.481 e. The molecule has 0 radical (unpaired) electrons. The molecule has 0 heterocycles. The Morgan fingerprint density at radius 3 is 2.48 bits per heavy atom. The topological polar surface area (TPSA) is 38.3 Å². The van der Waals surface area contributed by atoms with Crippen LogP contribution in [-0.2, 0) is 11.2 Å². The van der Waals surface area contributed by atoms with Crippen LogP contribution in [0, 0.1) is 20.8 Å². The number of rotatable bonds is 5. The molecule has 1 N–H and O–H groups in total. The standard InChI is InChI=1S/C20H25NO2/c1-6-17-9-7-8-14(3)19(17)21-20(22)16(5)23-18-11-10-13(2)15(4)12-18/h7-12,16H,6H2,1-5H3,(H,21,22)/t16-/m0/s1. The predicted octanol–water partition coefficient (Wildman–Crippen LogP) is 4.58. The second-order valence-electron chi connectivity index (χ2n) is 5.96. The van der Waals surface area contributed by atoms with E-state index in [1.54, 1.807) is 6.92 Å². The Morgan fingerprint density at radius 2 is 1.83 bits per heavy atom. The number of nitrogens with one attached hydrogen (secondary N) is 1. The number of hydrogen-bond acceptors (Lipinski definition) is 2. The highest BCUT2D eigenvalue weighted by molar-refractivity contribution is 5.95. The quantitative estimate of drug-likeness (QED) is 0.877. The lowest BCUT2D eigenvalue weighted by Gasteiger charge is -2.18. The molecule has 0 fully saturated rings. The maximum atomic E-state index is 12.5. The lowest BCUT2D eigenvalue weighted by Crippen LogP contribution is -2.30. The SMILES string of the molecule is CCc1cccc(C)c1NC(=O)[C@H](C)Oc1ccc(C)c(C)c1. The van der Waals surface area contributed by atoms with Gasteiger partial charge < -0.3 is 10.1 Å². The number of ether oxygens (including phenoxy) is 1. The molecule has 0 saturated carbocycles. The number of aryl methyl sites for hydroxylation is 4. The molecule has 3 nitrogen and oxygen atoms in total. The first-order valence-electron chi connectivity index (χ1n) is 8.05. The summed E-state index contributed by atoms with van der Waals surface area (Å²) in [5, 5.41) is 3.01. The second-order valence-corrected chi connectivity index (χ2v) is 5.96. The minimum absolute atomic E-state index is 0.132. The Balaban J connectivity index is 2.10. The van der Waals surface area contributed by atoms with Gasteiger partial charge in [0.1, 0.15) is 5.75 Å². The monoisotopic (exact) mass is 311 g/mol. The fourth-order valence-corrected chi connectivity index (χ4v) is 2.47. The van der Waals surface area contributed by atoms with Crippen molar-refractivity contribution in [1.82, 2.24) is 0 Å². The van der Waals surface area contributed by atoms with Crippen molar-refractivity contribution in [2.75, 3.05) is 5.32 Å². The number of amides is 1. The predicted molar refractivity (Wildman–Crippen MR) is 95.2 cm³/mol. The van der Waals surface area contributed by atoms with E-state index in [-0.39, 0.29) is 5.91 Å². The highest BCUT2D eigenvalue weighted by Gasteiger charge is 2.17. The van der Waals surface area contributed by atoms with Gasteiger partial charge in [0.25, 0.3) is 5.91 Å². The molecule has 2 rings (SSSR count). The van der Waals surface area contributed by atoms with Crippen LogP contribution < -0.4 is 10.1 Å². The summed E-state index contributed by atoms with van der Waals surface area (Å²) in [7, 11) is 0. The van der Waals surface area contributed by atoms with Crippen LogP contribution in [0.1, 0.15) is 36.1 Å². The summed E-state index contributed by atoms with van der Waals surface area (Å²) in [4.78, 5) is 12.5. The van der Waals surface area contributed by atoms with E-state index in [0.717, 1.165) is 34.5 Å². The molecule has 1 amide bonds. The number of anilines is 1. The minimum atomic E-state index is -0.554. The minimum Gasteiger partial charge on any atom is -0.481 e. The summed E-state index contributed by atoms with van der Waals surface area (Å²) >= 11 is 0. The summed E-state index contributed by atoms with van der Waals surface area (Å²) in [5.41, 5.74) is 5.47. The molecule has 23 heavy (non-hydrogen) atoms. The molecule has 3 heteroatoms. The first-order chi connectivity index (χ1) is 10.9. The zero-order valence-electron chi connectivity index (χ0n) is 14.6. The maximum Gasteiger partial charge on any atom is 0.265 e. The van der Waals surface area contributed by atoms with Crippen LogP contribution in [0.4, 0.5) is 5.69 Å². The number of carbonyl (C=O) groups excluding carboxylic acids is 1. The van der Waals surface area contributed by atoms with E-state index in [0.29, 0.717) is 0 Å². The van der Waals surface area contributed by atoms with E-state index in [1.807, 2.05) is 50.2 Å². The Bertz CT molecular complexity index is 707. The van der Waals surface area contributed by atoms with Crippen molar-refractivity contribution >= 4 is 11.6 Å². The third-order valence-electron chi connectivity index (χ3n) is 4.15. The molecule has 0 aliphatic rings. The molecule has 0 bridgehead atoms. The van der Waals surface area contributed by atoms with Crippen LogP contribution in [0.5, 0.6) is 5.75 Å². The van der Waals surface area contributed by atoms with Gasteiger partial charge in [0, 0.05) is 5.69 Å². The van der Waals surface area contributed by atoms with E-state index < -0.39 is 6.10 Å². The summed E-state index contributed by atoms with van der Waals surface area (Å²) in [6, 6.07) is 11.9. The van der Waals surface area contributed by atoms with Gasteiger partial charge >= 0.3 is 0 Å². The van der Waals surface area contributed by atoms with Gasteiger partial charge in [0.2, 0.25) is 0 Å². The average Bonchev–Trinajstić information content (AvgIpc) is 2.52. The van der Waals surface area contributed by atoms with Gasteiger partial charge in [-0.25, -0.2) is 0 Å². The summed E-state index contributed by atoms with van der Waals surface area (Å²) < 4.78 is 5.79. The lowest BCUT2D eigenvalue weighted by molar-refractivity contribution is -0.122. The highest BCUT2D eigenvalue weighted by Crippen LogP contribution is 2.22. The first kappa shape index (κ1) is 17.1. The molecule has 0 aromatic heterocycles. The zero-order chi connectivity index (χ0) is 17.0. The number of hydrogen-bond donors (Lipinski definition) is 1. The van der Waals surface area contributed by atoms with Crippen molar-refractivity contribution in [3.8, 4) is 5.75 Å². The third kappa shape index (κ3) is 4.13.